The van der Waals surface area contributed by atoms with E-state index in [1.54, 1.807) is 25.6 Å². The second-order valence-corrected chi connectivity index (χ2v) is 7.03. The van der Waals surface area contributed by atoms with E-state index in [0.717, 1.165) is 37.8 Å². The Morgan fingerprint density at radius 3 is 2.14 bits per heavy atom. The number of anilines is 2. The average molecular weight is 389 g/mol. The Hall–Kier alpha value is -3.38. The maximum atomic E-state index is 5.23. The summed E-state index contributed by atoms with van der Waals surface area (Å²) in [5.74, 6) is 2.32. The van der Waals surface area contributed by atoms with Gasteiger partial charge in [-0.2, -0.15) is 0 Å². The molecule has 4 rings (SSSR count). The summed E-state index contributed by atoms with van der Waals surface area (Å²) < 4.78 is 12.3. The minimum absolute atomic E-state index is 0.713. The molecule has 0 saturated heterocycles. The van der Waals surface area contributed by atoms with Crippen molar-refractivity contribution in [2.24, 2.45) is 4.99 Å². The van der Waals surface area contributed by atoms with E-state index in [1.165, 1.54) is 0 Å². The predicted octanol–water partition coefficient (Wildman–Crippen LogP) is 5.29. The third-order valence-electron chi connectivity index (χ3n) is 4.16. The van der Waals surface area contributed by atoms with Gasteiger partial charge in [0, 0.05) is 5.69 Å². The van der Waals surface area contributed by atoms with Gasteiger partial charge in [-0.3, -0.25) is 0 Å². The van der Waals surface area contributed by atoms with Gasteiger partial charge in [0.05, 0.1) is 30.1 Å². The number of methoxy groups -OCH3 is 2. The van der Waals surface area contributed by atoms with Crippen LogP contribution in [0.25, 0.3) is 10.2 Å². The van der Waals surface area contributed by atoms with E-state index in [9.17, 15) is 0 Å². The van der Waals surface area contributed by atoms with Gasteiger partial charge in [0.15, 0.2) is 10.5 Å². The van der Waals surface area contributed by atoms with E-state index in [0.29, 0.717) is 5.82 Å². The van der Waals surface area contributed by atoms with Crippen LogP contribution in [0.4, 0.5) is 17.2 Å². The second kappa shape index (κ2) is 8.10. The van der Waals surface area contributed by atoms with Crippen LogP contribution in [-0.4, -0.2) is 19.2 Å². The minimum atomic E-state index is 0.713. The Labute approximate surface area is 166 Å². The Bertz CT molecular complexity index is 1150. The topological polar surface area (TPSA) is 55.7 Å². The first-order chi connectivity index (χ1) is 13.7. The Morgan fingerprint density at radius 2 is 1.46 bits per heavy atom. The summed E-state index contributed by atoms with van der Waals surface area (Å²) in [4.78, 5) is 9.60. The van der Waals surface area contributed by atoms with Crippen LogP contribution in [0.2, 0.25) is 0 Å². The van der Waals surface area contributed by atoms with Gasteiger partial charge in [0.2, 0.25) is 0 Å². The van der Waals surface area contributed by atoms with E-state index in [2.05, 4.69) is 11.4 Å². The molecule has 0 fully saturated rings. The molecule has 0 aliphatic heterocycles. The largest absolute Gasteiger partial charge is 0.497 e. The van der Waals surface area contributed by atoms with Crippen molar-refractivity contribution < 1.29 is 9.47 Å². The second-order valence-electron chi connectivity index (χ2n) is 6.00. The van der Waals surface area contributed by atoms with Crippen molar-refractivity contribution in [1.29, 1.82) is 0 Å². The quantitative estimate of drug-likeness (QED) is 0.504. The number of hydrogen-bond acceptors (Lipinski definition) is 6. The van der Waals surface area contributed by atoms with Crippen LogP contribution in [0.5, 0.6) is 11.5 Å². The molecule has 4 aromatic rings. The fraction of sp³-hybridized carbons (Fsp3) is 0.0909. The maximum absolute atomic E-state index is 5.23. The summed E-state index contributed by atoms with van der Waals surface area (Å²) in [6.45, 7) is 0. The molecule has 6 heteroatoms. The van der Waals surface area contributed by atoms with Crippen LogP contribution in [-0.2, 0) is 0 Å². The zero-order chi connectivity index (χ0) is 19.3. The van der Waals surface area contributed by atoms with Crippen LogP contribution in [0.15, 0.2) is 77.8 Å². The SMILES string of the molecule is COc1ccc(N=c2sc3ccccc3nc2Nc2ccc(OC)cc2)cc1. The zero-order valence-corrected chi connectivity index (χ0v) is 16.4. The molecule has 0 aliphatic rings. The molecule has 1 N–H and O–H groups in total. The highest BCUT2D eigenvalue weighted by Crippen LogP contribution is 2.22. The first kappa shape index (κ1) is 18.0. The van der Waals surface area contributed by atoms with Crippen molar-refractivity contribution in [3.05, 3.63) is 77.5 Å². The van der Waals surface area contributed by atoms with Gasteiger partial charge >= 0.3 is 0 Å². The van der Waals surface area contributed by atoms with E-state index in [4.69, 9.17) is 19.5 Å². The third kappa shape index (κ3) is 3.97. The first-order valence-corrected chi connectivity index (χ1v) is 9.56. The summed E-state index contributed by atoms with van der Waals surface area (Å²) in [5, 5.41) is 3.38. The Balaban J connectivity index is 1.80. The first-order valence-electron chi connectivity index (χ1n) is 8.75. The zero-order valence-electron chi connectivity index (χ0n) is 15.5. The van der Waals surface area contributed by atoms with E-state index >= 15 is 0 Å². The minimum Gasteiger partial charge on any atom is -0.497 e. The van der Waals surface area contributed by atoms with Gasteiger partial charge in [-0.05, 0) is 60.7 Å². The highest BCUT2D eigenvalue weighted by molar-refractivity contribution is 7.16. The monoisotopic (exact) mass is 389 g/mol. The summed E-state index contributed by atoms with van der Waals surface area (Å²) in [7, 11) is 3.30. The lowest BCUT2D eigenvalue weighted by atomic mass is 10.3. The van der Waals surface area contributed by atoms with Gasteiger partial charge < -0.3 is 14.8 Å². The van der Waals surface area contributed by atoms with Gasteiger partial charge in [-0.25, -0.2) is 9.98 Å². The number of para-hydroxylation sites is 1. The maximum Gasteiger partial charge on any atom is 0.167 e. The molecule has 0 radical (unpaired) electrons. The fourth-order valence-electron chi connectivity index (χ4n) is 2.70. The van der Waals surface area contributed by atoms with Crippen LogP contribution in [0.3, 0.4) is 0 Å². The predicted molar refractivity (Wildman–Crippen MR) is 114 cm³/mol. The van der Waals surface area contributed by atoms with Gasteiger partial charge in [0.1, 0.15) is 11.5 Å². The number of hydrogen-bond donors (Lipinski definition) is 1. The molecular weight excluding hydrogens is 370 g/mol. The Morgan fingerprint density at radius 1 is 0.821 bits per heavy atom. The normalized spacial score (nSPS) is 11.4. The van der Waals surface area contributed by atoms with E-state index in [-0.39, 0.29) is 0 Å². The molecule has 3 aromatic carbocycles. The molecule has 0 spiro atoms. The smallest absolute Gasteiger partial charge is 0.167 e. The van der Waals surface area contributed by atoms with Crippen molar-refractivity contribution in [2.75, 3.05) is 19.5 Å². The van der Waals surface area contributed by atoms with E-state index < -0.39 is 0 Å². The summed E-state index contributed by atoms with van der Waals surface area (Å²) >= 11 is 1.60. The Kier molecular flexibility index (Phi) is 5.21. The average Bonchev–Trinajstić information content (AvgIpc) is 2.75. The highest BCUT2D eigenvalue weighted by Gasteiger charge is 2.06. The van der Waals surface area contributed by atoms with Crippen molar-refractivity contribution in [2.45, 2.75) is 0 Å². The van der Waals surface area contributed by atoms with Crippen LogP contribution < -0.4 is 19.5 Å². The number of benzene rings is 3. The lowest BCUT2D eigenvalue weighted by Gasteiger charge is -2.08. The number of aromatic nitrogens is 1. The summed E-state index contributed by atoms with van der Waals surface area (Å²) in [5.41, 5.74) is 2.69. The fourth-order valence-corrected chi connectivity index (χ4v) is 3.62. The number of nitrogens with zero attached hydrogens (tertiary/aromatic N) is 2. The molecule has 0 atom stereocenters. The summed E-state index contributed by atoms with van der Waals surface area (Å²) in [6.07, 6.45) is 0. The highest BCUT2D eigenvalue weighted by atomic mass is 32.1. The molecule has 0 bridgehead atoms. The van der Waals surface area contributed by atoms with Crippen LogP contribution in [0, 0.1) is 0 Å². The van der Waals surface area contributed by atoms with Gasteiger partial charge in [-0.15, -0.1) is 11.3 Å². The molecule has 0 amide bonds. The molecule has 0 unspecified atom stereocenters. The lowest BCUT2D eigenvalue weighted by molar-refractivity contribution is 0.415. The number of ether oxygens (including phenoxy) is 2. The lowest BCUT2D eigenvalue weighted by Crippen LogP contribution is -2.08. The molecule has 28 heavy (non-hydrogen) atoms. The number of fused-ring (bicyclic) bond motifs is 1. The standard InChI is InChI=1S/C22H19N3O2S/c1-26-17-11-7-15(8-12-17)23-21-22(24-16-9-13-18(27-2)14-10-16)28-20-6-4-3-5-19(20)25-21/h3-14H,1-2H3,(H,23,25). The molecule has 0 saturated carbocycles. The van der Waals surface area contributed by atoms with E-state index in [1.807, 2.05) is 66.7 Å². The molecule has 5 nitrogen and oxygen atoms in total. The number of nitrogens with one attached hydrogen (secondary N) is 1. The number of rotatable bonds is 5. The molecule has 1 heterocycles. The van der Waals surface area contributed by atoms with Crippen LogP contribution >= 0.6 is 11.3 Å². The molecular formula is C22H19N3O2S. The van der Waals surface area contributed by atoms with Crippen molar-refractivity contribution in [1.82, 2.24) is 4.98 Å². The van der Waals surface area contributed by atoms with Crippen molar-refractivity contribution in [3.8, 4) is 11.5 Å². The van der Waals surface area contributed by atoms with Crippen LogP contribution in [0.1, 0.15) is 0 Å². The van der Waals surface area contributed by atoms with Gasteiger partial charge in [-0.1, -0.05) is 12.1 Å². The van der Waals surface area contributed by atoms with Gasteiger partial charge in [0.25, 0.3) is 0 Å². The summed E-state index contributed by atoms with van der Waals surface area (Å²) in [6, 6.07) is 23.4. The van der Waals surface area contributed by atoms with Crippen molar-refractivity contribution >= 4 is 38.7 Å². The molecule has 0 aliphatic carbocycles. The van der Waals surface area contributed by atoms with Crippen molar-refractivity contribution in [3.63, 3.8) is 0 Å². The third-order valence-corrected chi connectivity index (χ3v) is 5.21. The molecule has 1 aromatic heterocycles. The molecule has 140 valence electrons.